The van der Waals surface area contributed by atoms with Crippen molar-refractivity contribution in [1.29, 1.82) is 0 Å². The molecule has 0 bridgehead atoms. The summed E-state index contributed by atoms with van der Waals surface area (Å²) in [6.45, 7) is 0. The van der Waals surface area contributed by atoms with Crippen LogP contribution in [0, 0.1) is 0 Å². The molecule has 3 rings (SSSR count). The number of fused-ring (bicyclic) bond motifs is 1. The lowest BCUT2D eigenvalue weighted by molar-refractivity contribution is -0.597. The van der Waals surface area contributed by atoms with Gasteiger partial charge in [0.05, 0.1) is 6.20 Å². The number of hydrogen-bond acceptors (Lipinski definition) is 1. The van der Waals surface area contributed by atoms with Gasteiger partial charge in [0.1, 0.15) is 11.9 Å². The van der Waals surface area contributed by atoms with E-state index in [1.54, 1.807) is 6.20 Å². The zero-order valence-electron chi connectivity index (χ0n) is 8.75. The number of benzene rings is 2. The quantitative estimate of drug-likeness (QED) is 0.560. The highest BCUT2D eigenvalue weighted by atomic mass is 15.0. The van der Waals surface area contributed by atoms with Crippen LogP contribution in [0.5, 0.6) is 0 Å². The molecule has 0 spiro atoms. The predicted molar refractivity (Wildman–Crippen MR) is 63.3 cm³/mol. The van der Waals surface area contributed by atoms with Gasteiger partial charge in [-0.1, -0.05) is 41.4 Å². The maximum absolute atomic E-state index is 4.13. The Labute approximate surface area is 93.8 Å². The monoisotopic (exact) mass is 207 g/mol. The van der Waals surface area contributed by atoms with E-state index < -0.39 is 0 Å². The van der Waals surface area contributed by atoms with Crippen LogP contribution in [0.1, 0.15) is 0 Å². The van der Waals surface area contributed by atoms with E-state index in [2.05, 4.69) is 47.4 Å². The lowest BCUT2D eigenvalue weighted by Gasteiger charge is -2.02. The minimum atomic E-state index is 1.16. The molecule has 2 nitrogen and oxygen atoms in total. The molecule has 0 fully saturated rings. The third-order valence-electron chi connectivity index (χ3n) is 2.65. The molecule has 0 N–H and O–H groups in total. The molecule has 76 valence electrons. The molecule has 0 aliphatic heterocycles. The molecule has 0 amide bonds. The summed E-state index contributed by atoms with van der Waals surface area (Å²) in [5, 5.41) is 2.49. The van der Waals surface area contributed by atoms with E-state index in [-0.39, 0.29) is 0 Å². The van der Waals surface area contributed by atoms with Gasteiger partial charge in [0.15, 0.2) is 0 Å². The molecule has 16 heavy (non-hydrogen) atoms. The van der Waals surface area contributed by atoms with Gasteiger partial charge in [0, 0.05) is 11.5 Å². The maximum atomic E-state index is 4.13. The smallest absolute Gasteiger partial charge is 0.202 e. The van der Waals surface area contributed by atoms with E-state index in [9.17, 15) is 0 Å². The second kappa shape index (κ2) is 3.74. The number of aromatic nitrogens is 2. The zero-order valence-corrected chi connectivity index (χ0v) is 8.75. The summed E-state index contributed by atoms with van der Waals surface area (Å²) in [6, 6.07) is 16.6. The Morgan fingerprint density at radius 3 is 2.62 bits per heavy atom. The molecule has 0 aliphatic rings. The first-order valence-corrected chi connectivity index (χ1v) is 5.24. The van der Waals surface area contributed by atoms with Gasteiger partial charge in [-0.3, -0.25) is 0 Å². The van der Waals surface area contributed by atoms with Crippen LogP contribution in [0.15, 0.2) is 67.3 Å². The van der Waals surface area contributed by atoms with Crippen molar-refractivity contribution in [3.8, 4) is 5.69 Å². The second-order valence-corrected chi connectivity index (χ2v) is 3.66. The summed E-state index contributed by atoms with van der Waals surface area (Å²) < 4.78 is 2.03. The van der Waals surface area contributed by atoms with E-state index >= 15 is 0 Å². The van der Waals surface area contributed by atoms with E-state index in [4.69, 9.17) is 0 Å². The van der Waals surface area contributed by atoms with Crippen LogP contribution in [-0.2, 0) is 0 Å². The van der Waals surface area contributed by atoms with Gasteiger partial charge in [0.25, 0.3) is 6.33 Å². The largest absolute Gasteiger partial charge is 0.291 e. The highest BCUT2D eigenvalue weighted by Gasteiger charge is 2.05. The molecule has 2 heteroatoms. The summed E-state index contributed by atoms with van der Waals surface area (Å²) in [7, 11) is 0. The Bertz CT molecular complexity index is 612. The molecule has 0 atom stereocenters. The van der Waals surface area contributed by atoms with Crippen LogP contribution in [0.25, 0.3) is 16.5 Å². The Morgan fingerprint density at radius 1 is 0.875 bits per heavy atom. The van der Waals surface area contributed by atoms with Crippen molar-refractivity contribution in [3.05, 3.63) is 67.3 Å². The van der Waals surface area contributed by atoms with E-state index in [0.717, 1.165) is 5.69 Å². The Kier molecular flexibility index (Phi) is 2.11. The van der Waals surface area contributed by atoms with Crippen molar-refractivity contribution in [1.82, 2.24) is 4.98 Å². The highest BCUT2D eigenvalue weighted by Crippen LogP contribution is 2.17. The van der Waals surface area contributed by atoms with Crippen LogP contribution in [0.3, 0.4) is 0 Å². The molecule has 0 saturated heterocycles. The molecule has 0 saturated carbocycles. The Morgan fingerprint density at radius 2 is 1.75 bits per heavy atom. The molecule has 1 aromatic heterocycles. The average molecular weight is 207 g/mol. The normalized spacial score (nSPS) is 10.5. The molecular weight excluding hydrogens is 196 g/mol. The van der Waals surface area contributed by atoms with Crippen LogP contribution in [0.2, 0.25) is 0 Å². The van der Waals surface area contributed by atoms with Gasteiger partial charge >= 0.3 is 0 Å². The fraction of sp³-hybridized carbons (Fsp3) is 0. The van der Waals surface area contributed by atoms with E-state index in [1.165, 1.54) is 10.8 Å². The van der Waals surface area contributed by atoms with Crippen LogP contribution in [-0.4, -0.2) is 4.98 Å². The lowest BCUT2D eigenvalue weighted by atomic mass is 10.1. The topological polar surface area (TPSA) is 16.8 Å². The second-order valence-electron chi connectivity index (χ2n) is 3.66. The maximum Gasteiger partial charge on any atom is 0.291 e. The first-order valence-electron chi connectivity index (χ1n) is 5.24. The minimum Gasteiger partial charge on any atom is -0.202 e. The molecule has 2 aromatic carbocycles. The number of hydrogen-bond donors (Lipinski definition) is 0. The van der Waals surface area contributed by atoms with Gasteiger partial charge in [-0.05, 0) is 11.5 Å². The molecule has 0 unspecified atom stereocenters. The Balaban J connectivity index is 2.32. The van der Waals surface area contributed by atoms with Crippen LogP contribution in [0.4, 0.5) is 0 Å². The van der Waals surface area contributed by atoms with Crippen molar-refractivity contribution in [2.75, 3.05) is 0 Å². The minimum absolute atomic E-state index is 1.16. The molecule has 0 aliphatic carbocycles. The van der Waals surface area contributed by atoms with E-state index in [1.807, 2.05) is 23.2 Å². The summed E-state index contributed by atoms with van der Waals surface area (Å²) >= 11 is 0. The molecule has 3 aromatic rings. The predicted octanol–water partition coefficient (Wildman–Crippen LogP) is 2.51. The van der Waals surface area contributed by atoms with Gasteiger partial charge in [-0.15, -0.1) is 0 Å². The first kappa shape index (κ1) is 9.04. The number of rotatable bonds is 1. The van der Waals surface area contributed by atoms with E-state index in [0.29, 0.717) is 0 Å². The van der Waals surface area contributed by atoms with Crippen LogP contribution >= 0.6 is 0 Å². The first-order chi connectivity index (χ1) is 7.95. The number of nitrogens with zero attached hydrogens (tertiary/aromatic N) is 2. The fourth-order valence-electron chi connectivity index (χ4n) is 1.91. The third kappa shape index (κ3) is 1.44. The van der Waals surface area contributed by atoms with Gasteiger partial charge in [0.2, 0.25) is 0 Å². The van der Waals surface area contributed by atoms with Crippen molar-refractivity contribution >= 4 is 10.8 Å². The summed E-state index contributed by atoms with van der Waals surface area (Å²) in [5.41, 5.74) is 1.16. The molecular formula is C14H11N2+. The standard InChI is InChI=1S/C14H11N2/c1-2-7-13-12(5-1)6-3-8-14(13)16-10-4-9-15-11-16/h1-11H/q+1. The summed E-state index contributed by atoms with van der Waals surface area (Å²) in [6.07, 6.45) is 5.61. The zero-order chi connectivity index (χ0) is 10.8. The van der Waals surface area contributed by atoms with Crippen molar-refractivity contribution in [3.63, 3.8) is 0 Å². The molecule has 0 radical (unpaired) electrons. The molecule has 1 heterocycles. The average Bonchev–Trinajstić information content (AvgIpc) is 2.39. The van der Waals surface area contributed by atoms with Gasteiger partial charge in [-0.25, -0.2) is 4.57 Å². The summed E-state index contributed by atoms with van der Waals surface area (Å²) in [5.74, 6) is 0. The Hall–Kier alpha value is -2.22. The fourth-order valence-corrected chi connectivity index (χ4v) is 1.91. The van der Waals surface area contributed by atoms with Crippen molar-refractivity contribution < 1.29 is 4.57 Å². The summed E-state index contributed by atoms with van der Waals surface area (Å²) in [4.78, 5) is 4.13. The SMILES string of the molecule is c1ccc2c(-[n+]3cccnc3)cccc2c1. The van der Waals surface area contributed by atoms with Crippen molar-refractivity contribution in [2.45, 2.75) is 0 Å². The van der Waals surface area contributed by atoms with Gasteiger partial charge in [-0.2, -0.15) is 0 Å². The lowest BCUT2D eigenvalue weighted by Crippen LogP contribution is -2.30. The van der Waals surface area contributed by atoms with Crippen molar-refractivity contribution in [2.24, 2.45) is 0 Å². The highest BCUT2D eigenvalue weighted by molar-refractivity contribution is 5.88. The van der Waals surface area contributed by atoms with Crippen LogP contribution < -0.4 is 4.57 Å². The third-order valence-corrected chi connectivity index (χ3v) is 2.65. The van der Waals surface area contributed by atoms with Gasteiger partial charge < -0.3 is 0 Å².